The van der Waals surface area contributed by atoms with Crippen molar-refractivity contribution in [3.8, 4) is 6.07 Å². The molecule has 4 unspecified atom stereocenters. The molecule has 0 amide bonds. The molecule has 0 spiro atoms. The quantitative estimate of drug-likeness (QED) is 0.645. The molecule has 0 radical (unpaired) electrons. The van der Waals surface area contributed by atoms with E-state index < -0.39 is 0 Å². The summed E-state index contributed by atoms with van der Waals surface area (Å²) < 4.78 is 0. The molecule has 4 aliphatic carbocycles. The number of hydrogen-bond donors (Lipinski definition) is 2. The van der Waals surface area contributed by atoms with Crippen molar-refractivity contribution in [2.45, 2.75) is 45.6 Å². The molecule has 1 aromatic heterocycles. The molecule has 4 fully saturated rings. The minimum Gasteiger partial charge on any atom is -0.368 e. The standard InChI is InChI=1S/C24H28ClN5/c1-15-18-6-16-7-19(15)10-24(8-16,9-18)14-29-22-20(11-26)13-28-23(30-22)27-12-17-4-2-3-5-21(17)25/h2-5,13,15-16,18-19H,6-10,12,14H2,1H3,(H2,27,28,29,30)/t15?,16?,18-,19?,24?/m0/s1. The predicted molar refractivity (Wildman–Crippen MR) is 119 cm³/mol. The second-order valence-corrected chi connectivity index (χ2v) is 10.1. The fraction of sp³-hybridized carbons (Fsp3) is 0.542. The molecular formula is C24H28ClN5. The minimum absolute atomic E-state index is 0.367. The highest BCUT2D eigenvalue weighted by atomic mass is 35.5. The van der Waals surface area contributed by atoms with Gasteiger partial charge in [-0.1, -0.05) is 36.7 Å². The van der Waals surface area contributed by atoms with E-state index in [1.54, 1.807) is 6.20 Å². The van der Waals surface area contributed by atoms with Gasteiger partial charge < -0.3 is 10.6 Å². The molecule has 1 aromatic carbocycles. The average Bonchev–Trinajstić information content (AvgIpc) is 2.75. The van der Waals surface area contributed by atoms with Crippen LogP contribution in [-0.4, -0.2) is 16.5 Å². The van der Waals surface area contributed by atoms with Crippen molar-refractivity contribution >= 4 is 23.4 Å². The first-order valence-electron chi connectivity index (χ1n) is 11.0. The van der Waals surface area contributed by atoms with Gasteiger partial charge in [0.05, 0.1) is 6.20 Å². The van der Waals surface area contributed by atoms with Crippen LogP contribution in [0.5, 0.6) is 0 Å². The van der Waals surface area contributed by atoms with Crippen molar-refractivity contribution < 1.29 is 0 Å². The number of nitrogens with one attached hydrogen (secondary N) is 2. The molecule has 4 aliphatic rings. The largest absolute Gasteiger partial charge is 0.368 e. The lowest BCUT2D eigenvalue weighted by Crippen LogP contribution is -2.52. The van der Waals surface area contributed by atoms with E-state index >= 15 is 0 Å². The number of anilines is 2. The molecule has 0 aliphatic heterocycles. The van der Waals surface area contributed by atoms with Crippen LogP contribution < -0.4 is 10.6 Å². The van der Waals surface area contributed by atoms with E-state index in [0.29, 0.717) is 34.3 Å². The summed E-state index contributed by atoms with van der Waals surface area (Å²) in [5.74, 6) is 4.69. The first-order valence-corrected chi connectivity index (χ1v) is 11.4. The smallest absolute Gasteiger partial charge is 0.224 e. The van der Waals surface area contributed by atoms with Crippen molar-refractivity contribution in [3.05, 3.63) is 46.6 Å². The molecule has 4 saturated carbocycles. The first-order chi connectivity index (χ1) is 14.5. The van der Waals surface area contributed by atoms with Crippen molar-refractivity contribution in [3.63, 3.8) is 0 Å². The summed E-state index contributed by atoms with van der Waals surface area (Å²) in [6, 6.07) is 9.96. The second kappa shape index (κ2) is 7.74. The maximum absolute atomic E-state index is 9.54. The summed E-state index contributed by atoms with van der Waals surface area (Å²) >= 11 is 6.24. The summed E-state index contributed by atoms with van der Waals surface area (Å²) in [5, 5.41) is 17.0. The molecule has 2 N–H and O–H groups in total. The first kappa shape index (κ1) is 19.6. The molecule has 1 heterocycles. The fourth-order valence-corrected chi connectivity index (χ4v) is 6.64. The van der Waals surface area contributed by atoms with E-state index in [-0.39, 0.29) is 0 Å². The van der Waals surface area contributed by atoms with Crippen LogP contribution in [0.2, 0.25) is 5.02 Å². The average molecular weight is 422 g/mol. The van der Waals surface area contributed by atoms with Gasteiger partial charge >= 0.3 is 0 Å². The highest BCUT2D eigenvalue weighted by Crippen LogP contribution is 2.62. The summed E-state index contributed by atoms with van der Waals surface area (Å²) in [6.45, 7) is 3.90. The Bertz CT molecular complexity index is 968. The number of aromatic nitrogens is 2. The van der Waals surface area contributed by atoms with Gasteiger partial charge in [-0.25, -0.2) is 4.98 Å². The Kier molecular flexibility index (Phi) is 5.06. The van der Waals surface area contributed by atoms with E-state index in [1.165, 1.54) is 32.1 Å². The zero-order chi connectivity index (χ0) is 20.7. The Hall–Kier alpha value is -2.32. The van der Waals surface area contributed by atoms with Crippen LogP contribution >= 0.6 is 11.6 Å². The Morgan fingerprint density at radius 3 is 2.67 bits per heavy atom. The third-order valence-electron chi connectivity index (χ3n) is 7.81. The summed E-state index contributed by atoms with van der Waals surface area (Å²) in [7, 11) is 0. The molecule has 4 bridgehead atoms. The van der Waals surface area contributed by atoms with Crippen LogP contribution in [0, 0.1) is 40.4 Å². The van der Waals surface area contributed by atoms with E-state index in [9.17, 15) is 5.26 Å². The fourth-order valence-electron chi connectivity index (χ4n) is 6.43. The number of halogens is 1. The third-order valence-corrected chi connectivity index (χ3v) is 8.17. The van der Waals surface area contributed by atoms with Gasteiger partial charge in [-0.3, -0.25) is 0 Å². The lowest BCUT2D eigenvalue weighted by atomic mass is 9.46. The van der Waals surface area contributed by atoms with E-state index in [2.05, 4.69) is 33.6 Å². The van der Waals surface area contributed by atoms with Crippen LogP contribution in [0.1, 0.15) is 50.2 Å². The van der Waals surface area contributed by atoms with Crippen LogP contribution in [0.15, 0.2) is 30.5 Å². The van der Waals surface area contributed by atoms with Gasteiger partial charge in [0.2, 0.25) is 5.95 Å². The second-order valence-electron chi connectivity index (χ2n) is 9.70. The van der Waals surface area contributed by atoms with E-state index in [4.69, 9.17) is 11.6 Å². The molecule has 30 heavy (non-hydrogen) atoms. The number of hydrogen-bond acceptors (Lipinski definition) is 5. The highest BCUT2D eigenvalue weighted by molar-refractivity contribution is 6.31. The molecule has 6 heteroatoms. The molecule has 5 atom stereocenters. The molecule has 5 nitrogen and oxygen atoms in total. The number of nitriles is 1. The maximum Gasteiger partial charge on any atom is 0.224 e. The highest BCUT2D eigenvalue weighted by Gasteiger charge is 2.53. The van der Waals surface area contributed by atoms with Crippen molar-refractivity contribution in [1.29, 1.82) is 5.26 Å². The lowest BCUT2D eigenvalue weighted by molar-refractivity contribution is -0.0822. The Morgan fingerprint density at radius 2 is 1.93 bits per heavy atom. The van der Waals surface area contributed by atoms with Crippen LogP contribution in [-0.2, 0) is 6.54 Å². The SMILES string of the molecule is CC1C2CC3C[C@H]1CC(CNc1nc(NCc4ccccc4Cl)ncc1C#N)(C3)C2. The van der Waals surface area contributed by atoms with Gasteiger partial charge in [-0.15, -0.1) is 0 Å². The van der Waals surface area contributed by atoms with Crippen LogP contribution in [0.4, 0.5) is 11.8 Å². The zero-order valence-electron chi connectivity index (χ0n) is 17.4. The van der Waals surface area contributed by atoms with E-state index in [0.717, 1.165) is 35.8 Å². The Balaban J connectivity index is 1.29. The van der Waals surface area contributed by atoms with Gasteiger partial charge in [0.15, 0.2) is 0 Å². The summed E-state index contributed by atoms with van der Waals surface area (Å²) in [4.78, 5) is 8.93. The Labute approximate surface area is 183 Å². The number of benzene rings is 1. The van der Waals surface area contributed by atoms with Crippen LogP contribution in [0.3, 0.4) is 0 Å². The molecule has 156 valence electrons. The lowest BCUT2D eigenvalue weighted by Gasteiger charge is -2.59. The monoisotopic (exact) mass is 421 g/mol. The third kappa shape index (κ3) is 3.63. The van der Waals surface area contributed by atoms with Crippen molar-refractivity contribution in [2.24, 2.45) is 29.1 Å². The number of nitrogens with zero attached hydrogens (tertiary/aromatic N) is 3. The van der Waals surface area contributed by atoms with Crippen molar-refractivity contribution in [1.82, 2.24) is 9.97 Å². The minimum atomic E-state index is 0.367. The van der Waals surface area contributed by atoms with Gasteiger partial charge in [0.1, 0.15) is 17.5 Å². The van der Waals surface area contributed by atoms with Gasteiger partial charge in [-0.2, -0.15) is 10.2 Å². The molecular weight excluding hydrogens is 394 g/mol. The van der Waals surface area contributed by atoms with Gasteiger partial charge in [0.25, 0.3) is 0 Å². The van der Waals surface area contributed by atoms with Crippen LogP contribution in [0.25, 0.3) is 0 Å². The zero-order valence-corrected chi connectivity index (χ0v) is 18.1. The normalized spacial score (nSPS) is 31.4. The number of rotatable bonds is 6. The van der Waals surface area contributed by atoms with E-state index in [1.807, 2.05) is 24.3 Å². The molecule has 0 saturated heterocycles. The summed E-state index contributed by atoms with van der Waals surface area (Å²) in [5.41, 5.74) is 1.85. The van der Waals surface area contributed by atoms with Gasteiger partial charge in [-0.05, 0) is 72.8 Å². The predicted octanol–water partition coefficient (Wildman–Crippen LogP) is 5.49. The Morgan fingerprint density at radius 1 is 1.17 bits per heavy atom. The molecule has 2 aromatic rings. The van der Waals surface area contributed by atoms with Crippen molar-refractivity contribution in [2.75, 3.05) is 17.2 Å². The maximum atomic E-state index is 9.54. The van der Waals surface area contributed by atoms with Gasteiger partial charge in [0, 0.05) is 18.1 Å². The summed E-state index contributed by atoms with van der Waals surface area (Å²) in [6.07, 6.45) is 8.41. The topological polar surface area (TPSA) is 73.6 Å². The molecule has 6 rings (SSSR count).